The van der Waals surface area contributed by atoms with Gasteiger partial charge in [-0.1, -0.05) is 17.7 Å². The normalized spacial score (nSPS) is 18.6. The molecule has 0 aromatic heterocycles. The number of hydrogen-bond acceptors (Lipinski definition) is 3. The Balaban J connectivity index is 2.05. The minimum atomic E-state index is 0.532. The summed E-state index contributed by atoms with van der Waals surface area (Å²) in [5.41, 5.74) is 2.59. The van der Waals surface area contributed by atoms with Crippen molar-refractivity contribution in [1.82, 2.24) is 4.90 Å². The first-order chi connectivity index (χ1) is 8.70. The van der Waals surface area contributed by atoms with E-state index in [4.69, 9.17) is 9.47 Å². The molecule has 0 amide bonds. The van der Waals surface area contributed by atoms with E-state index in [1.807, 2.05) is 0 Å². The average molecular weight is 249 g/mol. The zero-order valence-electron chi connectivity index (χ0n) is 11.6. The summed E-state index contributed by atoms with van der Waals surface area (Å²) in [7, 11) is 1.74. The molecule has 1 atom stereocenters. The maximum Gasteiger partial charge on any atom is 0.122 e. The van der Waals surface area contributed by atoms with Gasteiger partial charge in [0.2, 0.25) is 0 Å². The minimum Gasteiger partial charge on any atom is -0.496 e. The zero-order chi connectivity index (χ0) is 13.0. The molecule has 0 aliphatic carbocycles. The van der Waals surface area contributed by atoms with Crippen LogP contribution in [0.1, 0.15) is 18.1 Å². The maximum absolute atomic E-state index is 5.45. The van der Waals surface area contributed by atoms with E-state index in [1.165, 1.54) is 11.1 Å². The van der Waals surface area contributed by atoms with E-state index in [1.54, 1.807) is 7.11 Å². The molecular weight excluding hydrogens is 226 g/mol. The topological polar surface area (TPSA) is 21.7 Å². The van der Waals surface area contributed by atoms with Gasteiger partial charge in [-0.2, -0.15) is 0 Å². The number of morpholine rings is 1. The zero-order valence-corrected chi connectivity index (χ0v) is 11.6. The van der Waals surface area contributed by atoms with Crippen LogP contribution in [-0.4, -0.2) is 44.4 Å². The van der Waals surface area contributed by atoms with Crippen LogP contribution in [0.4, 0.5) is 0 Å². The predicted molar refractivity (Wildman–Crippen MR) is 73.3 cm³/mol. The third-order valence-electron chi connectivity index (χ3n) is 3.62. The van der Waals surface area contributed by atoms with Crippen molar-refractivity contribution < 1.29 is 9.47 Å². The molecule has 0 radical (unpaired) electrons. The molecule has 1 unspecified atom stereocenters. The number of benzene rings is 1. The third-order valence-corrected chi connectivity index (χ3v) is 3.62. The lowest BCUT2D eigenvalue weighted by molar-refractivity contribution is 0.0202. The number of aryl methyl sites for hydroxylation is 1. The summed E-state index contributed by atoms with van der Waals surface area (Å²) in [6.45, 7) is 8.20. The molecule has 1 aromatic rings. The number of rotatable bonds is 4. The lowest BCUT2D eigenvalue weighted by atomic mass is 10.0. The Kier molecular flexibility index (Phi) is 4.61. The van der Waals surface area contributed by atoms with Crippen LogP contribution in [-0.2, 0) is 11.2 Å². The Morgan fingerprint density at radius 2 is 2.06 bits per heavy atom. The monoisotopic (exact) mass is 249 g/mol. The second kappa shape index (κ2) is 6.21. The quantitative estimate of drug-likeness (QED) is 0.817. The van der Waals surface area contributed by atoms with E-state index in [0.29, 0.717) is 6.04 Å². The molecular formula is C15H23NO2. The van der Waals surface area contributed by atoms with Gasteiger partial charge in [-0.3, -0.25) is 4.90 Å². The van der Waals surface area contributed by atoms with Crippen LogP contribution < -0.4 is 4.74 Å². The molecule has 1 aromatic carbocycles. The fourth-order valence-electron chi connectivity index (χ4n) is 2.53. The van der Waals surface area contributed by atoms with Gasteiger partial charge in [-0.05, 0) is 31.9 Å². The van der Waals surface area contributed by atoms with Crippen LogP contribution in [0.2, 0.25) is 0 Å². The Bertz CT molecular complexity index is 386. The highest BCUT2D eigenvalue weighted by Crippen LogP contribution is 2.22. The van der Waals surface area contributed by atoms with Gasteiger partial charge in [0.05, 0.1) is 20.3 Å². The summed E-state index contributed by atoms with van der Waals surface area (Å²) in [6, 6.07) is 6.93. The van der Waals surface area contributed by atoms with Crippen LogP contribution in [0.25, 0.3) is 0 Å². The SMILES string of the molecule is COc1ccc(C)cc1CC(C)N1CCOCC1. The molecule has 0 spiro atoms. The molecule has 0 bridgehead atoms. The van der Waals surface area contributed by atoms with Crippen molar-refractivity contribution in [2.75, 3.05) is 33.4 Å². The standard InChI is InChI=1S/C15H23NO2/c1-12-4-5-15(17-3)14(10-12)11-13(2)16-6-8-18-9-7-16/h4-5,10,13H,6-9,11H2,1-3H3. The van der Waals surface area contributed by atoms with Crippen LogP contribution in [0.5, 0.6) is 5.75 Å². The van der Waals surface area contributed by atoms with E-state index in [2.05, 4.69) is 36.9 Å². The number of ether oxygens (including phenoxy) is 2. The van der Waals surface area contributed by atoms with Gasteiger partial charge < -0.3 is 9.47 Å². The summed E-state index contributed by atoms with van der Waals surface area (Å²) in [5.74, 6) is 1.00. The lowest BCUT2D eigenvalue weighted by Gasteiger charge is -2.32. The highest BCUT2D eigenvalue weighted by Gasteiger charge is 2.18. The van der Waals surface area contributed by atoms with Crippen molar-refractivity contribution in [3.8, 4) is 5.75 Å². The van der Waals surface area contributed by atoms with E-state index in [-0.39, 0.29) is 0 Å². The van der Waals surface area contributed by atoms with Gasteiger partial charge >= 0.3 is 0 Å². The molecule has 0 saturated carbocycles. The van der Waals surface area contributed by atoms with E-state index >= 15 is 0 Å². The molecule has 100 valence electrons. The second-order valence-corrected chi connectivity index (χ2v) is 5.02. The van der Waals surface area contributed by atoms with E-state index < -0.39 is 0 Å². The first kappa shape index (κ1) is 13.4. The summed E-state index contributed by atoms with van der Waals surface area (Å²) in [6.07, 6.45) is 1.03. The average Bonchev–Trinajstić information content (AvgIpc) is 2.40. The summed E-state index contributed by atoms with van der Waals surface area (Å²) < 4.78 is 10.8. The fraction of sp³-hybridized carbons (Fsp3) is 0.600. The Morgan fingerprint density at radius 3 is 2.72 bits per heavy atom. The van der Waals surface area contributed by atoms with Gasteiger partial charge in [0.1, 0.15) is 5.75 Å². The summed E-state index contributed by atoms with van der Waals surface area (Å²) in [4.78, 5) is 2.49. The van der Waals surface area contributed by atoms with Crippen molar-refractivity contribution >= 4 is 0 Å². The summed E-state index contributed by atoms with van der Waals surface area (Å²) in [5, 5.41) is 0. The molecule has 2 rings (SSSR count). The molecule has 1 saturated heterocycles. The maximum atomic E-state index is 5.45. The molecule has 1 aliphatic rings. The third kappa shape index (κ3) is 3.24. The predicted octanol–water partition coefficient (Wildman–Crippen LogP) is 2.27. The molecule has 1 fully saturated rings. The van der Waals surface area contributed by atoms with Crippen LogP contribution in [0, 0.1) is 6.92 Å². The highest BCUT2D eigenvalue weighted by molar-refractivity contribution is 5.37. The fourth-order valence-corrected chi connectivity index (χ4v) is 2.53. The van der Waals surface area contributed by atoms with Crippen molar-refractivity contribution in [1.29, 1.82) is 0 Å². The molecule has 3 nitrogen and oxygen atoms in total. The van der Waals surface area contributed by atoms with Crippen LogP contribution in [0.15, 0.2) is 18.2 Å². The molecule has 0 N–H and O–H groups in total. The van der Waals surface area contributed by atoms with E-state index in [9.17, 15) is 0 Å². The second-order valence-electron chi connectivity index (χ2n) is 5.02. The smallest absolute Gasteiger partial charge is 0.122 e. The largest absolute Gasteiger partial charge is 0.496 e. The first-order valence-corrected chi connectivity index (χ1v) is 6.66. The number of nitrogens with zero attached hydrogens (tertiary/aromatic N) is 1. The number of hydrogen-bond donors (Lipinski definition) is 0. The van der Waals surface area contributed by atoms with Gasteiger partial charge in [-0.25, -0.2) is 0 Å². The Hall–Kier alpha value is -1.06. The van der Waals surface area contributed by atoms with Crippen LogP contribution in [0.3, 0.4) is 0 Å². The Morgan fingerprint density at radius 1 is 1.33 bits per heavy atom. The van der Waals surface area contributed by atoms with Gasteiger partial charge in [0, 0.05) is 19.1 Å². The van der Waals surface area contributed by atoms with E-state index in [0.717, 1.165) is 38.5 Å². The van der Waals surface area contributed by atoms with Crippen molar-refractivity contribution in [2.45, 2.75) is 26.3 Å². The highest BCUT2D eigenvalue weighted by atomic mass is 16.5. The molecule has 3 heteroatoms. The van der Waals surface area contributed by atoms with Gasteiger partial charge in [0.15, 0.2) is 0 Å². The summed E-state index contributed by atoms with van der Waals surface area (Å²) >= 11 is 0. The van der Waals surface area contributed by atoms with Crippen molar-refractivity contribution in [3.63, 3.8) is 0 Å². The number of methoxy groups -OCH3 is 1. The molecule has 1 heterocycles. The Labute approximate surface area is 110 Å². The molecule has 18 heavy (non-hydrogen) atoms. The van der Waals surface area contributed by atoms with Crippen molar-refractivity contribution in [3.05, 3.63) is 29.3 Å². The van der Waals surface area contributed by atoms with Crippen molar-refractivity contribution in [2.24, 2.45) is 0 Å². The van der Waals surface area contributed by atoms with Crippen LogP contribution >= 0.6 is 0 Å². The van der Waals surface area contributed by atoms with Gasteiger partial charge in [0.25, 0.3) is 0 Å². The molecule has 1 aliphatic heterocycles. The first-order valence-electron chi connectivity index (χ1n) is 6.66. The minimum absolute atomic E-state index is 0.532. The lowest BCUT2D eigenvalue weighted by Crippen LogP contribution is -2.43. The van der Waals surface area contributed by atoms with Gasteiger partial charge in [-0.15, -0.1) is 0 Å².